The van der Waals surface area contributed by atoms with Gasteiger partial charge in [0.1, 0.15) is 16.6 Å². The molecule has 0 fully saturated rings. The van der Waals surface area contributed by atoms with Crippen LogP contribution in [0.25, 0.3) is 11.3 Å². The topological polar surface area (TPSA) is 156 Å². The first-order valence-electron chi connectivity index (χ1n) is 6.17. The van der Waals surface area contributed by atoms with Crippen LogP contribution in [0.1, 0.15) is 16.1 Å². The maximum atomic E-state index is 10.9. The molecule has 0 amide bonds. The first-order valence-corrected chi connectivity index (χ1v) is 6.17. The first-order chi connectivity index (χ1) is 11.0. The summed E-state index contributed by atoms with van der Waals surface area (Å²) in [5.74, 6) is -0.735. The third kappa shape index (κ3) is 4.39. The van der Waals surface area contributed by atoms with Gasteiger partial charge >= 0.3 is 5.97 Å². The number of rotatable bonds is 5. The van der Waals surface area contributed by atoms with Crippen molar-refractivity contribution < 1.29 is 19.4 Å². The molecule has 0 aliphatic carbocycles. The fraction of sp³-hybridized carbons (Fsp3) is 0. The summed E-state index contributed by atoms with van der Waals surface area (Å²) in [7, 11) is 0. The van der Waals surface area contributed by atoms with Gasteiger partial charge in [0.2, 0.25) is 0 Å². The number of furan rings is 1. The lowest BCUT2D eigenvalue weighted by Crippen LogP contribution is -2.28. The molecule has 0 radical (unpaired) electrons. The van der Waals surface area contributed by atoms with Crippen molar-refractivity contribution in [3.8, 4) is 11.3 Å². The molecular formula is C13H11N5O5. The molecule has 10 heteroatoms. The maximum Gasteiger partial charge on any atom is 0.335 e. The van der Waals surface area contributed by atoms with Gasteiger partial charge in [-0.05, 0) is 24.3 Å². The van der Waals surface area contributed by atoms with Gasteiger partial charge < -0.3 is 15.3 Å². The largest absolute Gasteiger partial charge is 0.478 e. The molecule has 0 unspecified atom stereocenters. The molecule has 1 aromatic carbocycles. The van der Waals surface area contributed by atoms with Crippen LogP contribution in [-0.2, 0) is 0 Å². The van der Waals surface area contributed by atoms with Crippen LogP contribution < -0.4 is 11.2 Å². The lowest BCUT2D eigenvalue weighted by Gasteiger charge is -1.98. The highest BCUT2D eigenvalue weighted by atomic mass is 16.7. The molecule has 0 aliphatic heterocycles. The van der Waals surface area contributed by atoms with Crippen molar-refractivity contribution in [2.45, 2.75) is 0 Å². The number of guanidine groups is 1. The van der Waals surface area contributed by atoms with Gasteiger partial charge in [-0.1, -0.05) is 12.1 Å². The Labute approximate surface area is 129 Å². The highest BCUT2D eigenvalue weighted by molar-refractivity contribution is 5.89. The molecule has 4 N–H and O–H groups in total. The number of hydrazone groups is 2. The fourth-order valence-electron chi connectivity index (χ4n) is 1.66. The van der Waals surface area contributed by atoms with E-state index < -0.39 is 17.0 Å². The SMILES string of the molecule is NC(=N[N+](=O)[O-])NN=Cc1ccc(-c2cccc(C(=O)O)c2)o1. The highest BCUT2D eigenvalue weighted by Gasteiger charge is 2.07. The summed E-state index contributed by atoms with van der Waals surface area (Å²) in [5.41, 5.74) is 8.06. The standard InChI is InChI=1S/C13H11N5O5/c14-13(17-18(21)22)16-15-7-10-4-5-11(23-10)8-2-1-3-9(6-8)12(19)20/h1-7H,(H,19,20)(H3,14,16,17). The molecule has 0 spiro atoms. The maximum absolute atomic E-state index is 10.9. The predicted molar refractivity (Wildman–Crippen MR) is 80.4 cm³/mol. The molecule has 2 rings (SSSR count). The summed E-state index contributed by atoms with van der Waals surface area (Å²) in [6.45, 7) is 0. The number of nitrogens with zero attached hydrogens (tertiary/aromatic N) is 3. The number of nitrogens with two attached hydrogens (primary N) is 1. The zero-order valence-corrected chi connectivity index (χ0v) is 11.5. The van der Waals surface area contributed by atoms with Crippen LogP contribution >= 0.6 is 0 Å². The van der Waals surface area contributed by atoms with E-state index in [-0.39, 0.29) is 5.56 Å². The number of hydrogen-bond donors (Lipinski definition) is 3. The average Bonchev–Trinajstić information content (AvgIpc) is 2.95. The Morgan fingerprint density at radius 2 is 2.17 bits per heavy atom. The average molecular weight is 317 g/mol. The quantitative estimate of drug-likeness (QED) is 0.322. The highest BCUT2D eigenvalue weighted by Crippen LogP contribution is 2.22. The number of hydrogen-bond acceptors (Lipinski definition) is 5. The Balaban J connectivity index is 2.10. The van der Waals surface area contributed by atoms with Crippen molar-refractivity contribution >= 4 is 18.1 Å². The van der Waals surface area contributed by atoms with Crippen molar-refractivity contribution in [3.63, 3.8) is 0 Å². The van der Waals surface area contributed by atoms with Crippen LogP contribution in [0.4, 0.5) is 0 Å². The van der Waals surface area contributed by atoms with E-state index in [0.29, 0.717) is 17.1 Å². The van der Waals surface area contributed by atoms with Gasteiger partial charge in [-0.2, -0.15) is 5.10 Å². The Morgan fingerprint density at radius 3 is 2.87 bits per heavy atom. The number of carbonyl (C=O) groups is 1. The van der Waals surface area contributed by atoms with E-state index in [0.717, 1.165) is 0 Å². The Hall–Kier alpha value is -3.69. The van der Waals surface area contributed by atoms with Crippen LogP contribution in [-0.4, -0.2) is 28.3 Å². The Bertz CT molecular complexity index is 796. The zero-order chi connectivity index (χ0) is 16.8. The van der Waals surface area contributed by atoms with E-state index in [1.165, 1.54) is 18.3 Å². The second kappa shape index (κ2) is 6.85. The van der Waals surface area contributed by atoms with Crippen molar-refractivity contribution in [1.29, 1.82) is 0 Å². The minimum atomic E-state index is -1.04. The van der Waals surface area contributed by atoms with Crippen LogP contribution in [0.2, 0.25) is 0 Å². The van der Waals surface area contributed by atoms with E-state index in [9.17, 15) is 14.9 Å². The molecule has 0 aliphatic rings. The third-order valence-electron chi connectivity index (χ3n) is 2.58. The molecule has 10 nitrogen and oxygen atoms in total. The van der Waals surface area contributed by atoms with E-state index in [1.54, 1.807) is 24.3 Å². The number of nitro groups is 1. The van der Waals surface area contributed by atoms with Gasteiger partial charge in [0, 0.05) is 5.56 Å². The summed E-state index contributed by atoms with van der Waals surface area (Å²) < 4.78 is 5.47. The third-order valence-corrected chi connectivity index (χ3v) is 2.58. The van der Waals surface area contributed by atoms with Crippen LogP contribution in [0.5, 0.6) is 0 Å². The number of nitrogens with one attached hydrogen (secondary N) is 1. The van der Waals surface area contributed by atoms with E-state index in [2.05, 4.69) is 15.6 Å². The zero-order valence-electron chi connectivity index (χ0n) is 11.5. The van der Waals surface area contributed by atoms with Crippen molar-refractivity contribution in [1.82, 2.24) is 5.43 Å². The molecule has 0 saturated heterocycles. The number of carboxylic acid groups (broad SMARTS) is 1. The van der Waals surface area contributed by atoms with Crippen LogP contribution in [0.15, 0.2) is 51.0 Å². The summed E-state index contributed by atoms with van der Waals surface area (Å²) in [6.07, 6.45) is 1.24. The van der Waals surface area contributed by atoms with E-state index in [4.69, 9.17) is 15.3 Å². The summed E-state index contributed by atoms with van der Waals surface area (Å²) in [6, 6.07) is 9.48. The van der Waals surface area contributed by atoms with Gasteiger partial charge in [0.05, 0.1) is 11.8 Å². The van der Waals surface area contributed by atoms with Crippen molar-refractivity contribution in [3.05, 3.63) is 57.8 Å². The van der Waals surface area contributed by atoms with Gasteiger partial charge in [0.15, 0.2) is 5.03 Å². The predicted octanol–water partition coefficient (Wildman–Crippen LogP) is 1.07. The lowest BCUT2D eigenvalue weighted by atomic mass is 10.1. The van der Waals surface area contributed by atoms with Gasteiger partial charge in [-0.3, -0.25) is 0 Å². The van der Waals surface area contributed by atoms with Crippen LogP contribution in [0.3, 0.4) is 0 Å². The first kappa shape index (κ1) is 15.7. The molecule has 1 heterocycles. The van der Waals surface area contributed by atoms with E-state index >= 15 is 0 Å². The molecule has 2 aromatic rings. The molecule has 1 aromatic heterocycles. The number of benzene rings is 1. The monoisotopic (exact) mass is 317 g/mol. The fourth-order valence-corrected chi connectivity index (χ4v) is 1.66. The van der Waals surface area contributed by atoms with Gasteiger partial charge in [-0.15, -0.1) is 0 Å². The molecular weight excluding hydrogens is 306 g/mol. The Morgan fingerprint density at radius 1 is 1.39 bits per heavy atom. The minimum absolute atomic E-state index is 0.138. The molecule has 118 valence electrons. The minimum Gasteiger partial charge on any atom is -0.478 e. The number of carboxylic acids is 1. The summed E-state index contributed by atoms with van der Waals surface area (Å²) in [5, 5.41) is 24.5. The smallest absolute Gasteiger partial charge is 0.335 e. The summed E-state index contributed by atoms with van der Waals surface area (Å²) >= 11 is 0. The van der Waals surface area contributed by atoms with E-state index in [1.807, 2.05) is 0 Å². The van der Waals surface area contributed by atoms with Gasteiger partial charge in [-0.25, -0.2) is 20.3 Å². The van der Waals surface area contributed by atoms with Crippen LogP contribution in [0, 0.1) is 10.1 Å². The molecule has 23 heavy (non-hydrogen) atoms. The molecule has 0 atom stereocenters. The second-order valence-electron chi connectivity index (χ2n) is 4.18. The van der Waals surface area contributed by atoms with Gasteiger partial charge in [0.25, 0.3) is 5.96 Å². The van der Waals surface area contributed by atoms with Crippen molar-refractivity contribution in [2.75, 3.05) is 0 Å². The molecule has 0 bridgehead atoms. The number of aromatic carboxylic acids is 1. The molecule has 0 saturated carbocycles. The second-order valence-corrected chi connectivity index (χ2v) is 4.18. The summed E-state index contributed by atoms with van der Waals surface area (Å²) in [4.78, 5) is 21.0. The van der Waals surface area contributed by atoms with Crippen molar-refractivity contribution in [2.24, 2.45) is 15.9 Å². The normalized spacial score (nSPS) is 11.6. The lowest BCUT2D eigenvalue weighted by molar-refractivity contribution is -0.485. The Kier molecular flexibility index (Phi) is 4.67.